The minimum absolute atomic E-state index is 0.985. The number of hydrogen-bond donors (Lipinski definition) is 0. The second-order valence-electron chi connectivity index (χ2n) is 3.58. The lowest BCUT2D eigenvalue weighted by Gasteiger charge is -1.96. The summed E-state index contributed by atoms with van der Waals surface area (Å²) in [6.07, 6.45) is 3.63. The number of aryl methyl sites for hydroxylation is 2. The Bertz CT molecular complexity index is 274. The molecule has 0 N–H and O–H groups in total. The van der Waals surface area contributed by atoms with E-state index in [1.165, 1.54) is 29.8 Å². The van der Waals surface area contributed by atoms with E-state index in [1.807, 2.05) is 0 Å². The molecule has 0 aliphatic heterocycles. The van der Waals surface area contributed by atoms with Crippen molar-refractivity contribution in [2.45, 2.75) is 53.5 Å². The maximum atomic E-state index is 4.58. The third-order valence-corrected chi connectivity index (χ3v) is 2.67. The van der Waals surface area contributed by atoms with Gasteiger partial charge in [0.25, 0.3) is 0 Å². The Morgan fingerprint density at radius 2 is 1.92 bits per heavy atom. The van der Waals surface area contributed by atoms with Crippen LogP contribution in [0.5, 0.6) is 0 Å². The van der Waals surface area contributed by atoms with Gasteiger partial charge in [-0.15, -0.1) is 0 Å². The SMILES string of the molecule is CCCCc1nn(CC)c(C)c1C. The van der Waals surface area contributed by atoms with E-state index in [0.29, 0.717) is 0 Å². The first kappa shape index (κ1) is 10.3. The molecular weight excluding hydrogens is 160 g/mol. The van der Waals surface area contributed by atoms with E-state index in [9.17, 15) is 0 Å². The van der Waals surface area contributed by atoms with Crippen molar-refractivity contribution in [3.05, 3.63) is 17.0 Å². The fourth-order valence-corrected chi connectivity index (χ4v) is 1.59. The molecule has 0 fully saturated rings. The molecule has 0 saturated carbocycles. The summed E-state index contributed by atoms with van der Waals surface area (Å²) < 4.78 is 2.10. The molecule has 0 amide bonds. The number of aromatic nitrogens is 2. The van der Waals surface area contributed by atoms with Crippen molar-refractivity contribution in [3.8, 4) is 0 Å². The van der Waals surface area contributed by atoms with Gasteiger partial charge in [-0.25, -0.2) is 0 Å². The van der Waals surface area contributed by atoms with E-state index in [-0.39, 0.29) is 0 Å². The maximum Gasteiger partial charge on any atom is 0.0656 e. The predicted octanol–water partition coefficient (Wildman–Crippen LogP) is 2.86. The molecule has 0 atom stereocenters. The molecular formula is C11H20N2. The van der Waals surface area contributed by atoms with Crippen LogP contribution in [-0.4, -0.2) is 9.78 Å². The summed E-state index contributed by atoms with van der Waals surface area (Å²) in [5, 5.41) is 4.58. The minimum atomic E-state index is 0.985. The summed E-state index contributed by atoms with van der Waals surface area (Å²) in [6.45, 7) is 9.68. The van der Waals surface area contributed by atoms with Gasteiger partial charge in [0.2, 0.25) is 0 Å². The van der Waals surface area contributed by atoms with Gasteiger partial charge in [0.05, 0.1) is 5.69 Å². The van der Waals surface area contributed by atoms with Gasteiger partial charge in [-0.3, -0.25) is 4.68 Å². The van der Waals surface area contributed by atoms with Gasteiger partial charge in [0.15, 0.2) is 0 Å². The average Bonchev–Trinajstić information content (AvgIpc) is 2.41. The summed E-state index contributed by atoms with van der Waals surface area (Å²) in [4.78, 5) is 0. The summed E-state index contributed by atoms with van der Waals surface area (Å²) >= 11 is 0. The van der Waals surface area contributed by atoms with E-state index < -0.39 is 0 Å². The monoisotopic (exact) mass is 180 g/mol. The normalized spacial score (nSPS) is 10.8. The van der Waals surface area contributed by atoms with Crippen LogP contribution in [-0.2, 0) is 13.0 Å². The number of rotatable bonds is 4. The van der Waals surface area contributed by atoms with Crippen LogP contribution in [0.1, 0.15) is 43.6 Å². The summed E-state index contributed by atoms with van der Waals surface area (Å²) in [7, 11) is 0. The molecule has 1 aromatic heterocycles. The van der Waals surface area contributed by atoms with Gasteiger partial charge in [-0.05, 0) is 39.2 Å². The Morgan fingerprint density at radius 1 is 1.23 bits per heavy atom. The molecule has 0 radical (unpaired) electrons. The summed E-state index contributed by atoms with van der Waals surface area (Å²) in [6, 6.07) is 0. The molecule has 0 unspecified atom stereocenters. The molecule has 1 aromatic rings. The fourth-order valence-electron chi connectivity index (χ4n) is 1.59. The highest BCUT2D eigenvalue weighted by molar-refractivity contribution is 5.23. The Hall–Kier alpha value is -0.790. The van der Waals surface area contributed by atoms with Crippen molar-refractivity contribution in [3.63, 3.8) is 0 Å². The lowest BCUT2D eigenvalue weighted by molar-refractivity contribution is 0.623. The lowest BCUT2D eigenvalue weighted by atomic mass is 10.1. The van der Waals surface area contributed by atoms with Crippen molar-refractivity contribution >= 4 is 0 Å². The van der Waals surface area contributed by atoms with Crippen LogP contribution in [0.25, 0.3) is 0 Å². The largest absolute Gasteiger partial charge is 0.270 e. The third kappa shape index (κ3) is 2.11. The molecule has 2 heteroatoms. The van der Waals surface area contributed by atoms with Crippen molar-refractivity contribution in [2.24, 2.45) is 0 Å². The van der Waals surface area contributed by atoms with Crippen LogP contribution in [0.15, 0.2) is 0 Å². The Morgan fingerprint density at radius 3 is 2.38 bits per heavy atom. The van der Waals surface area contributed by atoms with Crippen molar-refractivity contribution < 1.29 is 0 Å². The topological polar surface area (TPSA) is 17.8 Å². The zero-order valence-corrected chi connectivity index (χ0v) is 9.22. The standard InChI is InChI=1S/C11H20N2/c1-5-7-8-11-9(3)10(4)13(6-2)12-11/h5-8H2,1-4H3. The molecule has 0 aromatic carbocycles. The molecule has 1 rings (SSSR count). The van der Waals surface area contributed by atoms with Crippen LogP contribution in [0.2, 0.25) is 0 Å². The van der Waals surface area contributed by atoms with Crippen LogP contribution in [0.3, 0.4) is 0 Å². The molecule has 1 heterocycles. The van der Waals surface area contributed by atoms with Crippen LogP contribution < -0.4 is 0 Å². The summed E-state index contributed by atoms with van der Waals surface area (Å²) in [5.74, 6) is 0. The molecule has 0 aliphatic carbocycles. The third-order valence-electron chi connectivity index (χ3n) is 2.67. The lowest BCUT2D eigenvalue weighted by Crippen LogP contribution is -1.99. The van der Waals surface area contributed by atoms with Crippen molar-refractivity contribution in [2.75, 3.05) is 0 Å². The zero-order chi connectivity index (χ0) is 9.84. The summed E-state index contributed by atoms with van der Waals surface area (Å²) in [5.41, 5.74) is 4.00. The molecule has 0 aliphatic rings. The van der Waals surface area contributed by atoms with Crippen LogP contribution in [0, 0.1) is 13.8 Å². The maximum absolute atomic E-state index is 4.58. The van der Waals surface area contributed by atoms with E-state index in [4.69, 9.17) is 0 Å². The second-order valence-corrected chi connectivity index (χ2v) is 3.58. The quantitative estimate of drug-likeness (QED) is 0.696. The Labute approximate surface area is 81.0 Å². The average molecular weight is 180 g/mol. The molecule has 2 nitrogen and oxygen atoms in total. The molecule has 0 spiro atoms. The molecule has 0 bridgehead atoms. The predicted molar refractivity (Wildman–Crippen MR) is 56.0 cm³/mol. The first-order chi connectivity index (χ1) is 6.20. The number of unbranched alkanes of at least 4 members (excludes halogenated alkanes) is 1. The highest BCUT2D eigenvalue weighted by Crippen LogP contribution is 2.14. The molecule has 13 heavy (non-hydrogen) atoms. The fraction of sp³-hybridized carbons (Fsp3) is 0.727. The second kappa shape index (κ2) is 4.45. The molecule has 0 saturated heterocycles. The minimum Gasteiger partial charge on any atom is -0.270 e. The van der Waals surface area contributed by atoms with E-state index >= 15 is 0 Å². The molecule has 74 valence electrons. The number of nitrogens with zero attached hydrogens (tertiary/aromatic N) is 2. The van der Waals surface area contributed by atoms with Gasteiger partial charge in [-0.2, -0.15) is 5.10 Å². The van der Waals surface area contributed by atoms with Gasteiger partial charge in [0, 0.05) is 12.2 Å². The van der Waals surface area contributed by atoms with E-state index in [1.54, 1.807) is 0 Å². The van der Waals surface area contributed by atoms with Gasteiger partial charge < -0.3 is 0 Å². The van der Waals surface area contributed by atoms with Gasteiger partial charge in [-0.1, -0.05) is 13.3 Å². The number of hydrogen-bond acceptors (Lipinski definition) is 1. The van der Waals surface area contributed by atoms with Crippen LogP contribution in [0.4, 0.5) is 0 Å². The van der Waals surface area contributed by atoms with Crippen molar-refractivity contribution in [1.29, 1.82) is 0 Å². The highest BCUT2D eigenvalue weighted by atomic mass is 15.3. The smallest absolute Gasteiger partial charge is 0.0656 e. The van der Waals surface area contributed by atoms with Crippen LogP contribution >= 0.6 is 0 Å². The highest BCUT2D eigenvalue weighted by Gasteiger charge is 2.08. The van der Waals surface area contributed by atoms with Gasteiger partial charge in [0.1, 0.15) is 0 Å². The van der Waals surface area contributed by atoms with E-state index in [0.717, 1.165) is 13.0 Å². The van der Waals surface area contributed by atoms with Gasteiger partial charge >= 0.3 is 0 Å². The first-order valence-corrected chi connectivity index (χ1v) is 5.23. The van der Waals surface area contributed by atoms with Crippen molar-refractivity contribution in [1.82, 2.24) is 9.78 Å². The first-order valence-electron chi connectivity index (χ1n) is 5.23. The Kier molecular flexibility index (Phi) is 3.52. The van der Waals surface area contributed by atoms with E-state index in [2.05, 4.69) is 37.5 Å². The Balaban J connectivity index is 2.82. The zero-order valence-electron chi connectivity index (χ0n) is 9.22.